The van der Waals surface area contributed by atoms with E-state index < -0.39 is 11.4 Å². The molecule has 1 fully saturated rings. The Morgan fingerprint density at radius 1 is 1.38 bits per heavy atom. The first-order chi connectivity index (χ1) is 9.92. The van der Waals surface area contributed by atoms with Crippen molar-refractivity contribution in [1.82, 2.24) is 14.8 Å². The molecule has 1 N–H and O–H groups in total. The highest BCUT2D eigenvalue weighted by atomic mass is 16.4. The molecule has 0 aromatic carbocycles. The third-order valence-corrected chi connectivity index (χ3v) is 4.11. The molecule has 1 aliphatic heterocycles. The number of carboxylic acids is 1. The van der Waals surface area contributed by atoms with Crippen LogP contribution in [0.3, 0.4) is 0 Å². The number of nitrogens with zero attached hydrogens (tertiary/aromatic N) is 3. The fourth-order valence-electron chi connectivity index (χ4n) is 2.45. The molecule has 0 bridgehead atoms. The number of likely N-dealkylation sites (tertiary alicyclic amines) is 1. The molecule has 2 rings (SSSR count). The van der Waals surface area contributed by atoms with Gasteiger partial charge in [0.05, 0.1) is 17.7 Å². The lowest BCUT2D eigenvalue weighted by Crippen LogP contribution is -2.49. The van der Waals surface area contributed by atoms with Crippen LogP contribution in [0.2, 0.25) is 0 Å². The minimum Gasteiger partial charge on any atom is -0.481 e. The Kier molecular flexibility index (Phi) is 4.45. The fraction of sp³-hybridized carbons (Fsp3) is 0.533. The number of carbonyl (C=O) groups excluding carboxylic acids is 1. The molecule has 0 atom stereocenters. The highest BCUT2D eigenvalue weighted by molar-refractivity contribution is 5.76. The second kappa shape index (κ2) is 6.11. The van der Waals surface area contributed by atoms with Gasteiger partial charge in [0.1, 0.15) is 0 Å². The summed E-state index contributed by atoms with van der Waals surface area (Å²) >= 11 is 0. The molecule has 0 aliphatic carbocycles. The number of aromatic nitrogens is 1. The number of amides is 2. The Morgan fingerprint density at radius 2 is 2.05 bits per heavy atom. The highest BCUT2D eigenvalue weighted by Gasteiger charge is 2.38. The van der Waals surface area contributed by atoms with Crippen LogP contribution in [0.25, 0.3) is 0 Å². The van der Waals surface area contributed by atoms with E-state index in [-0.39, 0.29) is 6.03 Å². The molecule has 2 amide bonds. The lowest BCUT2D eigenvalue weighted by Gasteiger charge is -2.38. The first-order valence-corrected chi connectivity index (χ1v) is 7.06. The minimum absolute atomic E-state index is 0.0758. The van der Waals surface area contributed by atoms with E-state index in [0.29, 0.717) is 32.5 Å². The Hall–Kier alpha value is -2.11. The normalized spacial score (nSPS) is 17.3. The smallest absolute Gasteiger partial charge is 0.320 e. The molecule has 21 heavy (non-hydrogen) atoms. The van der Waals surface area contributed by atoms with Crippen molar-refractivity contribution in [2.45, 2.75) is 26.3 Å². The molecule has 0 spiro atoms. The van der Waals surface area contributed by atoms with E-state index in [1.165, 1.54) is 0 Å². The number of urea groups is 1. The quantitative estimate of drug-likeness (QED) is 0.922. The van der Waals surface area contributed by atoms with E-state index >= 15 is 0 Å². The number of pyridine rings is 1. The van der Waals surface area contributed by atoms with Gasteiger partial charge in [0.2, 0.25) is 0 Å². The van der Waals surface area contributed by atoms with Gasteiger partial charge in [-0.2, -0.15) is 0 Å². The average molecular weight is 291 g/mol. The van der Waals surface area contributed by atoms with Crippen molar-refractivity contribution in [1.29, 1.82) is 0 Å². The van der Waals surface area contributed by atoms with Gasteiger partial charge in [0.25, 0.3) is 0 Å². The summed E-state index contributed by atoms with van der Waals surface area (Å²) in [6.45, 7) is 3.16. The van der Waals surface area contributed by atoms with Crippen LogP contribution in [0.5, 0.6) is 0 Å². The number of carbonyl (C=O) groups is 2. The summed E-state index contributed by atoms with van der Waals surface area (Å²) in [4.78, 5) is 31.1. The Labute approximate surface area is 124 Å². The first-order valence-electron chi connectivity index (χ1n) is 7.06. The summed E-state index contributed by atoms with van der Waals surface area (Å²) in [7, 11) is 1.74. The van der Waals surface area contributed by atoms with E-state index in [1.807, 2.05) is 18.2 Å². The molecule has 1 aromatic rings. The van der Waals surface area contributed by atoms with Crippen molar-refractivity contribution >= 4 is 12.0 Å². The van der Waals surface area contributed by atoms with E-state index in [0.717, 1.165) is 5.69 Å². The van der Waals surface area contributed by atoms with Crippen LogP contribution < -0.4 is 0 Å². The number of hydrogen-bond acceptors (Lipinski definition) is 3. The zero-order chi connectivity index (χ0) is 15.5. The fourth-order valence-corrected chi connectivity index (χ4v) is 2.45. The van der Waals surface area contributed by atoms with Gasteiger partial charge in [-0.3, -0.25) is 9.78 Å². The molecule has 114 valence electrons. The lowest BCUT2D eigenvalue weighted by atomic mass is 9.80. The Bertz CT molecular complexity index is 510. The molecule has 0 saturated carbocycles. The van der Waals surface area contributed by atoms with Gasteiger partial charge in [-0.05, 0) is 31.9 Å². The molecular formula is C15H21N3O3. The summed E-state index contributed by atoms with van der Waals surface area (Å²) in [5.41, 5.74) is 0.122. The predicted octanol–water partition coefficient (Wildman–Crippen LogP) is 1.82. The molecule has 1 saturated heterocycles. The lowest BCUT2D eigenvalue weighted by molar-refractivity contribution is -0.150. The van der Waals surface area contributed by atoms with Crippen molar-refractivity contribution in [3.05, 3.63) is 30.1 Å². The van der Waals surface area contributed by atoms with Crippen LogP contribution in [0, 0.1) is 5.41 Å². The van der Waals surface area contributed by atoms with Gasteiger partial charge in [-0.15, -0.1) is 0 Å². The van der Waals surface area contributed by atoms with Crippen LogP contribution in [-0.4, -0.2) is 52.0 Å². The highest BCUT2D eigenvalue weighted by Crippen LogP contribution is 2.31. The molecule has 0 radical (unpaired) electrons. The van der Waals surface area contributed by atoms with E-state index in [9.17, 15) is 14.7 Å². The van der Waals surface area contributed by atoms with Crippen molar-refractivity contribution in [3.63, 3.8) is 0 Å². The van der Waals surface area contributed by atoms with Gasteiger partial charge < -0.3 is 14.9 Å². The SMILES string of the molecule is CN(Cc1ccccn1)C(=O)N1CCC(C)(C(=O)O)CC1. The van der Waals surface area contributed by atoms with Crippen LogP contribution >= 0.6 is 0 Å². The molecule has 2 heterocycles. The largest absolute Gasteiger partial charge is 0.481 e. The molecular weight excluding hydrogens is 270 g/mol. The maximum absolute atomic E-state index is 12.4. The van der Waals surface area contributed by atoms with Gasteiger partial charge in [-0.25, -0.2) is 4.79 Å². The van der Waals surface area contributed by atoms with Crippen LogP contribution in [0.15, 0.2) is 24.4 Å². The maximum Gasteiger partial charge on any atom is 0.320 e. The second-order valence-corrected chi connectivity index (χ2v) is 5.81. The number of hydrogen-bond donors (Lipinski definition) is 1. The Morgan fingerprint density at radius 3 is 2.57 bits per heavy atom. The summed E-state index contributed by atoms with van der Waals surface area (Å²) in [5.74, 6) is -0.781. The minimum atomic E-state index is -0.781. The molecule has 6 nitrogen and oxygen atoms in total. The van der Waals surface area contributed by atoms with E-state index in [1.54, 1.807) is 30.0 Å². The average Bonchev–Trinajstić information content (AvgIpc) is 2.48. The Balaban J connectivity index is 1.91. The van der Waals surface area contributed by atoms with Crippen LogP contribution in [0.1, 0.15) is 25.5 Å². The standard InChI is InChI=1S/C15H21N3O3/c1-15(13(19)20)6-9-18(10-7-15)14(21)17(2)11-12-5-3-4-8-16-12/h3-5,8H,6-7,9-11H2,1-2H3,(H,19,20). The summed E-state index contributed by atoms with van der Waals surface area (Å²) < 4.78 is 0. The van der Waals surface area contributed by atoms with E-state index in [4.69, 9.17) is 0 Å². The third-order valence-electron chi connectivity index (χ3n) is 4.11. The summed E-state index contributed by atoms with van der Waals surface area (Å²) in [6.07, 6.45) is 2.68. The second-order valence-electron chi connectivity index (χ2n) is 5.81. The molecule has 0 unspecified atom stereocenters. The van der Waals surface area contributed by atoms with Gasteiger partial charge in [0, 0.05) is 26.3 Å². The number of aliphatic carboxylic acids is 1. The maximum atomic E-state index is 12.4. The summed E-state index contributed by atoms with van der Waals surface area (Å²) in [5, 5.41) is 9.20. The van der Waals surface area contributed by atoms with Gasteiger partial charge in [-0.1, -0.05) is 6.07 Å². The van der Waals surface area contributed by atoms with Crippen LogP contribution in [-0.2, 0) is 11.3 Å². The van der Waals surface area contributed by atoms with Crippen molar-refractivity contribution in [2.24, 2.45) is 5.41 Å². The molecule has 1 aromatic heterocycles. The zero-order valence-corrected chi connectivity index (χ0v) is 12.5. The number of rotatable bonds is 3. The monoisotopic (exact) mass is 291 g/mol. The van der Waals surface area contributed by atoms with Crippen molar-refractivity contribution in [3.8, 4) is 0 Å². The number of piperidine rings is 1. The van der Waals surface area contributed by atoms with Crippen molar-refractivity contribution < 1.29 is 14.7 Å². The van der Waals surface area contributed by atoms with Gasteiger partial charge in [0.15, 0.2) is 0 Å². The molecule has 6 heteroatoms. The van der Waals surface area contributed by atoms with E-state index in [2.05, 4.69) is 4.98 Å². The van der Waals surface area contributed by atoms with Crippen LogP contribution in [0.4, 0.5) is 4.79 Å². The predicted molar refractivity (Wildman–Crippen MR) is 77.6 cm³/mol. The topological polar surface area (TPSA) is 73.7 Å². The molecule has 1 aliphatic rings. The zero-order valence-electron chi connectivity index (χ0n) is 12.5. The third kappa shape index (κ3) is 3.51. The van der Waals surface area contributed by atoms with Gasteiger partial charge >= 0.3 is 12.0 Å². The summed E-state index contributed by atoms with van der Waals surface area (Å²) in [6, 6.07) is 5.53. The van der Waals surface area contributed by atoms with Crippen molar-refractivity contribution in [2.75, 3.05) is 20.1 Å². The first kappa shape index (κ1) is 15.3. The number of carboxylic acid groups (broad SMARTS) is 1.